The van der Waals surface area contributed by atoms with Crippen LogP contribution in [0.3, 0.4) is 0 Å². The zero-order chi connectivity index (χ0) is 12.1. The zero-order valence-electron chi connectivity index (χ0n) is 10.8. The lowest BCUT2D eigenvalue weighted by Gasteiger charge is -2.16. The molecule has 0 aromatic heterocycles. The number of ether oxygens (including phenoxy) is 2. The maximum absolute atomic E-state index is 8.63. The van der Waals surface area contributed by atoms with E-state index in [-0.39, 0.29) is 0 Å². The van der Waals surface area contributed by atoms with Crippen LogP contribution in [0.2, 0.25) is 0 Å². The summed E-state index contributed by atoms with van der Waals surface area (Å²) in [4.78, 5) is 2.27. The molecule has 4 heteroatoms. The Morgan fingerprint density at radius 3 is 2.44 bits per heavy atom. The highest BCUT2D eigenvalue weighted by Crippen LogP contribution is 1.96. The van der Waals surface area contributed by atoms with Crippen LogP contribution in [0.25, 0.3) is 0 Å². The summed E-state index contributed by atoms with van der Waals surface area (Å²) in [5.74, 6) is 0. The molecule has 0 atom stereocenters. The Hall–Kier alpha value is -0.160. The van der Waals surface area contributed by atoms with Gasteiger partial charge < -0.3 is 19.5 Å². The molecule has 0 amide bonds. The summed E-state index contributed by atoms with van der Waals surface area (Å²) < 4.78 is 10.4. The minimum absolute atomic E-state index is 0.312. The fourth-order valence-corrected chi connectivity index (χ4v) is 1.41. The summed E-state index contributed by atoms with van der Waals surface area (Å²) in [6.45, 7) is 4.73. The highest BCUT2D eigenvalue weighted by Gasteiger charge is 1.98. The van der Waals surface area contributed by atoms with Crippen LogP contribution in [-0.2, 0) is 9.47 Å². The fraction of sp³-hybridized carbons (Fsp3) is 1.00. The van der Waals surface area contributed by atoms with Gasteiger partial charge in [-0.3, -0.25) is 0 Å². The average Bonchev–Trinajstić information content (AvgIpc) is 2.29. The van der Waals surface area contributed by atoms with E-state index in [1.165, 1.54) is 0 Å². The second kappa shape index (κ2) is 12.9. The van der Waals surface area contributed by atoms with Gasteiger partial charge in [-0.05, 0) is 39.3 Å². The van der Waals surface area contributed by atoms with Crippen LogP contribution in [0.15, 0.2) is 0 Å². The lowest BCUT2D eigenvalue weighted by molar-refractivity contribution is 0.0884. The molecule has 0 saturated heterocycles. The third-order valence-electron chi connectivity index (χ3n) is 2.45. The first-order valence-corrected chi connectivity index (χ1v) is 6.17. The molecule has 0 saturated carbocycles. The highest BCUT2D eigenvalue weighted by molar-refractivity contribution is 4.51. The summed E-state index contributed by atoms with van der Waals surface area (Å²) >= 11 is 0. The fourth-order valence-electron chi connectivity index (χ4n) is 1.41. The summed E-state index contributed by atoms with van der Waals surface area (Å²) in [6, 6.07) is 0. The largest absolute Gasteiger partial charge is 0.396 e. The van der Waals surface area contributed by atoms with Crippen molar-refractivity contribution in [3.8, 4) is 0 Å². The first-order chi connectivity index (χ1) is 7.81. The molecular formula is C12H27NO3. The number of rotatable bonds is 12. The summed E-state index contributed by atoms with van der Waals surface area (Å²) in [6.07, 6.45) is 4.15. The van der Waals surface area contributed by atoms with Gasteiger partial charge in [0.25, 0.3) is 0 Å². The molecule has 0 unspecified atom stereocenters. The molecule has 4 nitrogen and oxygen atoms in total. The van der Waals surface area contributed by atoms with E-state index in [0.717, 1.165) is 58.6 Å². The van der Waals surface area contributed by atoms with Crippen LogP contribution in [0.5, 0.6) is 0 Å². The van der Waals surface area contributed by atoms with Crippen LogP contribution in [0.1, 0.15) is 25.7 Å². The summed E-state index contributed by atoms with van der Waals surface area (Å²) in [5.41, 5.74) is 0. The molecule has 0 aromatic rings. The number of nitrogens with zero attached hydrogens (tertiary/aromatic N) is 1. The zero-order valence-corrected chi connectivity index (χ0v) is 10.8. The van der Waals surface area contributed by atoms with E-state index < -0.39 is 0 Å². The van der Waals surface area contributed by atoms with Crippen LogP contribution in [0, 0.1) is 0 Å². The Bertz CT molecular complexity index is 133. The van der Waals surface area contributed by atoms with E-state index in [1.54, 1.807) is 7.11 Å². The van der Waals surface area contributed by atoms with Gasteiger partial charge >= 0.3 is 0 Å². The van der Waals surface area contributed by atoms with Gasteiger partial charge in [-0.1, -0.05) is 0 Å². The van der Waals surface area contributed by atoms with Crippen molar-refractivity contribution in [2.75, 3.05) is 53.7 Å². The Balaban J connectivity index is 3.08. The molecule has 0 bridgehead atoms. The Labute approximate surface area is 99.5 Å². The topological polar surface area (TPSA) is 41.9 Å². The van der Waals surface area contributed by atoms with Gasteiger partial charge in [-0.15, -0.1) is 0 Å². The number of hydrogen-bond acceptors (Lipinski definition) is 4. The molecule has 0 aliphatic heterocycles. The molecule has 0 aromatic carbocycles. The van der Waals surface area contributed by atoms with Crippen molar-refractivity contribution in [3.63, 3.8) is 0 Å². The molecule has 98 valence electrons. The molecular weight excluding hydrogens is 206 g/mol. The standard InChI is InChI=1S/C12H27NO3/c1-13(7-4-3-5-9-14)8-12-16-11-6-10-15-2/h14H,3-12H2,1-2H3. The van der Waals surface area contributed by atoms with Gasteiger partial charge in [-0.2, -0.15) is 0 Å². The maximum atomic E-state index is 8.63. The van der Waals surface area contributed by atoms with E-state index in [9.17, 15) is 0 Å². The first kappa shape index (κ1) is 15.8. The van der Waals surface area contributed by atoms with E-state index >= 15 is 0 Å². The van der Waals surface area contributed by atoms with Gasteiger partial charge in [-0.25, -0.2) is 0 Å². The number of methoxy groups -OCH3 is 1. The van der Waals surface area contributed by atoms with E-state index in [4.69, 9.17) is 14.6 Å². The minimum atomic E-state index is 0.312. The van der Waals surface area contributed by atoms with Crippen LogP contribution >= 0.6 is 0 Å². The van der Waals surface area contributed by atoms with Gasteiger partial charge in [0.1, 0.15) is 0 Å². The molecule has 0 radical (unpaired) electrons. The number of aliphatic hydroxyl groups is 1. The van der Waals surface area contributed by atoms with Gasteiger partial charge in [0.2, 0.25) is 0 Å². The van der Waals surface area contributed by atoms with Crippen molar-refractivity contribution in [3.05, 3.63) is 0 Å². The molecule has 16 heavy (non-hydrogen) atoms. The average molecular weight is 233 g/mol. The van der Waals surface area contributed by atoms with Crippen molar-refractivity contribution in [1.82, 2.24) is 4.90 Å². The second-order valence-corrected chi connectivity index (χ2v) is 4.05. The number of hydrogen-bond donors (Lipinski definition) is 1. The Morgan fingerprint density at radius 1 is 0.938 bits per heavy atom. The molecule has 0 aliphatic carbocycles. The van der Waals surface area contributed by atoms with Crippen LogP contribution in [-0.4, -0.2) is 63.7 Å². The van der Waals surface area contributed by atoms with Crippen LogP contribution < -0.4 is 0 Å². The van der Waals surface area contributed by atoms with E-state index in [1.807, 2.05) is 0 Å². The smallest absolute Gasteiger partial charge is 0.0593 e. The minimum Gasteiger partial charge on any atom is -0.396 e. The number of likely N-dealkylation sites (N-methyl/N-ethyl adjacent to an activating group) is 1. The predicted molar refractivity (Wildman–Crippen MR) is 65.7 cm³/mol. The quantitative estimate of drug-likeness (QED) is 0.513. The van der Waals surface area contributed by atoms with Gasteiger partial charge in [0.05, 0.1) is 6.61 Å². The third-order valence-corrected chi connectivity index (χ3v) is 2.45. The van der Waals surface area contributed by atoms with Gasteiger partial charge in [0.15, 0.2) is 0 Å². The Kier molecular flexibility index (Phi) is 12.8. The van der Waals surface area contributed by atoms with Crippen molar-refractivity contribution in [2.24, 2.45) is 0 Å². The lowest BCUT2D eigenvalue weighted by atomic mass is 10.2. The normalized spacial score (nSPS) is 11.2. The molecule has 0 spiro atoms. The van der Waals surface area contributed by atoms with Crippen molar-refractivity contribution < 1.29 is 14.6 Å². The van der Waals surface area contributed by atoms with Crippen molar-refractivity contribution >= 4 is 0 Å². The van der Waals surface area contributed by atoms with Gasteiger partial charge in [0, 0.05) is 33.5 Å². The molecule has 0 rings (SSSR count). The molecule has 0 fully saturated rings. The first-order valence-electron chi connectivity index (χ1n) is 6.17. The second-order valence-electron chi connectivity index (χ2n) is 4.05. The summed E-state index contributed by atoms with van der Waals surface area (Å²) in [5, 5.41) is 8.63. The highest BCUT2D eigenvalue weighted by atomic mass is 16.5. The number of aliphatic hydroxyl groups excluding tert-OH is 1. The molecule has 1 N–H and O–H groups in total. The van der Waals surface area contributed by atoms with Crippen LogP contribution in [0.4, 0.5) is 0 Å². The number of unbranched alkanes of at least 4 members (excludes halogenated alkanes) is 2. The monoisotopic (exact) mass is 233 g/mol. The maximum Gasteiger partial charge on any atom is 0.0593 e. The third kappa shape index (κ3) is 11.9. The van der Waals surface area contributed by atoms with Crippen molar-refractivity contribution in [1.29, 1.82) is 0 Å². The van der Waals surface area contributed by atoms with E-state index in [0.29, 0.717) is 6.61 Å². The lowest BCUT2D eigenvalue weighted by Crippen LogP contribution is -2.24. The predicted octanol–water partition coefficient (Wildman–Crippen LogP) is 1.13. The summed E-state index contributed by atoms with van der Waals surface area (Å²) in [7, 11) is 3.82. The SMILES string of the molecule is COCCCOCCN(C)CCCCCO. The molecule has 0 aliphatic rings. The Morgan fingerprint density at radius 2 is 1.75 bits per heavy atom. The van der Waals surface area contributed by atoms with E-state index in [2.05, 4.69) is 11.9 Å². The van der Waals surface area contributed by atoms with Crippen molar-refractivity contribution in [2.45, 2.75) is 25.7 Å². The molecule has 0 heterocycles.